The van der Waals surface area contributed by atoms with E-state index in [0.29, 0.717) is 18.4 Å². The Morgan fingerprint density at radius 1 is 0.765 bits per heavy atom. The highest BCUT2D eigenvalue weighted by Crippen LogP contribution is 2.37. The van der Waals surface area contributed by atoms with Gasteiger partial charge in [0.05, 0.1) is 11.8 Å². The topological polar surface area (TPSA) is 72.0 Å². The number of nitrogens with one attached hydrogen (secondary N) is 1. The van der Waals surface area contributed by atoms with Gasteiger partial charge in [-0.25, -0.2) is 17.5 Å². The van der Waals surface area contributed by atoms with Gasteiger partial charge in [0.25, 0.3) is 0 Å². The fourth-order valence-corrected chi connectivity index (χ4v) is 5.36. The van der Waals surface area contributed by atoms with Crippen molar-refractivity contribution in [2.45, 2.75) is 24.8 Å². The number of aromatic nitrogens is 2. The Morgan fingerprint density at radius 2 is 1.38 bits per heavy atom. The van der Waals surface area contributed by atoms with Crippen LogP contribution in [0.2, 0.25) is 0 Å². The van der Waals surface area contributed by atoms with Crippen LogP contribution in [0.25, 0.3) is 0 Å². The average molecular weight is 476 g/mol. The summed E-state index contributed by atoms with van der Waals surface area (Å²) in [6.45, 7) is 0. The summed E-state index contributed by atoms with van der Waals surface area (Å²) in [5, 5.41) is 0. The lowest BCUT2D eigenvalue weighted by Gasteiger charge is -2.29. The monoisotopic (exact) mass is 475 g/mol. The summed E-state index contributed by atoms with van der Waals surface area (Å²) in [6.07, 6.45) is 7.93. The van der Waals surface area contributed by atoms with Gasteiger partial charge in [0.1, 0.15) is 5.82 Å². The molecule has 0 amide bonds. The van der Waals surface area contributed by atoms with Crippen LogP contribution >= 0.6 is 0 Å². The Balaban J connectivity index is 1.66. The molecule has 0 saturated carbocycles. The molecule has 0 saturated heterocycles. The fourth-order valence-electron chi connectivity index (χ4n) is 4.06. The lowest BCUT2D eigenvalue weighted by atomic mass is 9.83. The number of halogens is 1. The zero-order valence-corrected chi connectivity index (χ0v) is 19.4. The van der Waals surface area contributed by atoms with E-state index in [1.807, 2.05) is 54.6 Å². The third-order valence-corrected chi connectivity index (χ3v) is 7.12. The van der Waals surface area contributed by atoms with Crippen LogP contribution in [0.4, 0.5) is 4.39 Å². The summed E-state index contributed by atoms with van der Waals surface area (Å²) in [7, 11) is -3.65. The SMILES string of the molecule is O=S(=O)(CCCc1ccccc1)NC(c1ccc(F)cc1)C(c1cccnc1)c1cccnc1. The molecule has 34 heavy (non-hydrogen) atoms. The summed E-state index contributed by atoms with van der Waals surface area (Å²) in [5.74, 6) is -0.809. The van der Waals surface area contributed by atoms with E-state index >= 15 is 0 Å². The van der Waals surface area contributed by atoms with Gasteiger partial charge in [0.2, 0.25) is 10.0 Å². The Bertz CT molecular complexity index is 1230. The van der Waals surface area contributed by atoms with Gasteiger partial charge in [-0.2, -0.15) is 0 Å². The fraction of sp³-hybridized carbons (Fsp3) is 0.185. The molecule has 0 aliphatic carbocycles. The van der Waals surface area contributed by atoms with Gasteiger partial charge in [0, 0.05) is 30.7 Å². The molecular weight excluding hydrogens is 449 g/mol. The number of aryl methyl sites for hydroxylation is 1. The van der Waals surface area contributed by atoms with Crippen LogP contribution in [0.5, 0.6) is 0 Å². The molecule has 4 rings (SSSR count). The van der Waals surface area contributed by atoms with E-state index in [0.717, 1.165) is 16.7 Å². The van der Waals surface area contributed by atoms with Gasteiger partial charge < -0.3 is 0 Å². The van der Waals surface area contributed by atoms with Gasteiger partial charge in [-0.15, -0.1) is 0 Å². The second kappa shape index (κ2) is 11.1. The molecule has 2 aromatic heterocycles. The second-order valence-electron chi connectivity index (χ2n) is 8.11. The van der Waals surface area contributed by atoms with Crippen molar-refractivity contribution in [3.63, 3.8) is 0 Å². The summed E-state index contributed by atoms with van der Waals surface area (Å²) in [4.78, 5) is 8.49. The largest absolute Gasteiger partial charge is 0.264 e. The lowest BCUT2D eigenvalue weighted by Crippen LogP contribution is -2.35. The first kappa shape index (κ1) is 23.7. The van der Waals surface area contributed by atoms with Crippen LogP contribution in [0.15, 0.2) is 104 Å². The van der Waals surface area contributed by atoms with Gasteiger partial charge in [0.15, 0.2) is 0 Å². The van der Waals surface area contributed by atoms with E-state index in [9.17, 15) is 12.8 Å². The molecule has 2 aromatic carbocycles. The quantitative estimate of drug-likeness (QED) is 0.349. The normalized spacial score (nSPS) is 12.5. The molecule has 0 spiro atoms. The van der Waals surface area contributed by atoms with Crippen molar-refractivity contribution in [3.8, 4) is 0 Å². The molecular formula is C27H26FN3O2S. The molecule has 1 N–H and O–H groups in total. The molecule has 0 bridgehead atoms. The third-order valence-electron chi connectivity index (χ3n) is 5.68. The van der Waals surface area contributed by atoms with Crippen LogP contribution in [-0.4, -0.2) is 24.1 Å². The first-order valence-corrected chi connectivity index (χ1v) is 12.8. The van der Waals surface area contributed by atoms with Crippen molar-refractivity contribution in [1.29, 1.82) is 0 Å². The maximum absolute atomic E-state index is 13.7. The molecule has 1 atom stereocenters. The van der Waals surface area contributed by atoms with Crippen molar-refractivity contribution < 1.29 is 12.8 Å². The number of rotatable bonds is 10. The lowest BCUT2D eigenvalue weighted by molar-refractivity contribution is 0.526. The van der Waals surface area contributed by atoms with E-state index in [1.165, 1.54) is 12.1 Å². The molecule has 0 aliphatic heterocycles. The van der Waals surface area contributed by atoms with E-state index in [4.69, 9.17) is 0 Å². The first-order chi connectivity index (χ1) is 16.5. The molecule has 174 valence electrons. The van der Waals surface area contributed by atoms with Gasteiger partial charge in [-0.3, -0.25) is 9.97 Å². The predicted molar refractivity (Wildman–Crippen MR) is 131 cm³/mol. The summed E-state index contributed by atoms with van der Waals surface area (Å²) >= 11 is 0. The van der Waals surface area contributed by atoms with E-state index in [-0.39, 0.29) is 11.6 Å². The number of sulfonamides is 1. The highest BCUT2D eigenvalue weighted by Gasteiger charge is 2.30. The van der Waals surface area contributed by atoms with Crippen LogP contribution in [0, 0.1) is 5.82 Å². The highest BCUT2D eigenvalue weighted by atomic mass is 32.2. The number of benzene rings is 2. The Morgan fingerprint density at radius 3 is 1.94 bits per heavy atom. The second-order valence-corrected chi connectivity index (χ2v) is 9.98. The average Bonchev–Trinajstić information content (AvgIpc) is 2.86. The first-order valence-electron chi connectivity index (χ1n) is 11.1. The van der Waals surface area contributed by atoms with Crippen molar-refractivity contribution in [2.75, 3.05) is 5.75 Å². The van der Waals surface area contributed by atoms with Crippen molar-refractivity contribution >= 4 is 10.0 Å². The number of hydrogen-bond acceptors (Lipinski definition) is 4. The number of pyridine rings is 2. The van der Waals surface area contributed by atoms with E-state index < -0.39 is 22.0 Å². The van der Waals surface area contributed by atoms with Crippen molar-refractivity contribution in [1.82, 2.24) is 14.7 Å². The Labute approximate surface area is 199 Å². The molecule has 2 heterocycles. The minimum absolute atomic E-state index is 0.0214. The van der Waals surface area contributed by atoms with Crippen LogP contribution in [0.3, 0.4) is 0 Å². The highest BCUT2D eigenvalue weighted by molar-refractivity contribution is 7.89. The van der Waals surface area contributed by atoms with E-state index in [1.54, 1.807) is 36.9 Å². The smallest absolute Gasteiger partial charge is 0.212 e. The minimum atomic E-state index is -3.65. The summed E-state index contributed by atoms with van der Waals surface area (Å²) in [6, 6.07) is 22.5. The molecule has 4 aromatic rings. The molecule has 7 heteroatoms. The molecule has 0 fully saturated rings. The van der Waals surface area contributed by atoms with Crippen molar-refractivity contribution in [2.24, 2.45) is 0 Å². The minimum Gasteiger partial charge on any atom is -0.264 e. The third kappa shape index (κ3) is 6.34. The maximum atomic E-state index is 13.7. The van der Waals surface area contributed by atoms with Crippen LogP contribution in [0.1, 0.15) is 40.6 Å². The zero-order valence-electron chi connectivity index (χ0n) is 18.6. The molecule has 5 nitrogen and oxygen atoms in total. The number of nitrogens with zero attached hydrogens (tertiary/aromatic N) is 2. The zero-order chi connectivity index (χ0) is 23.8. The summed E-state index contributed by atoms with van der Waals surface area (Å²) in [5.41, 5.74) is 3.41. The van der Waals surface area contributed by atoms with Gasteiger partial charge in [-0.1, -0.05) is 54.6 Å². The predicted octanol–water partition coefficient (Wildman–Crippen LogP) is 5.04. The standard InChI is InChI=1S/C27H26FN3O2S/c28-25-14-12-22(13-15-25)27(31-34(32,33)18-6-9-21-7-2-1-3-8-21)26(23-10-4-16-29-19-23)24-11-5-17-30-20-24/h1-5,7-8,10-17,19-20,26-27,31H,6,9,18H2. The Hall–Kier alpha value is -3.42. The van der Waals surface area contributed by atoms with E-state index in [2.05, 4.69) is 14.7 Å². The number of hydrogen-bond donors (Lipinski definition) is 1. The summed E-state index contributed by atoms with van der Waals surface area (Å²) < 4.78 is 43.1. The Kier molecular flexibility index (Phi) is 7.77. The molecule has 0 radical (unpaired) electrons. The van der Waals surface area contributed by atoms with Crippen molar-refractivity contribution in [3.05, 3.63) is 132 Å². The molecule has 1 unspecified atom stereocenters. The van der Waals surface area contributed by atoms with Crippen LogP contribution < -0.4 is 4.72 Å². The van der Waals surface area contributed by atoms with Gasteiger partial charge in [-0.05, 0) is 59.4 Å². The van der Waals surface area contributed by atoms with Gasteiger partial charge >= 0.3 is 0 Å². The molecule has 0 aliphatic rings. The van der Waals surface area contributed by atoms with Crippen LogP contribution in [-0.2, 0) is 16.4 Å². The maximum Gasteiger partial charge on any atom is 0.212 e.